The minimum Gasteiger partial charge on any atom is -0.422 e. The molecule has 0 atom stereocenters. The Morgan fingerprint density at radius 2 is 1.64 bits per heavy atom. The zero-order valence-electron chi connectivity index (χ0n) is 11.8. The first-order valence-corrected chi connectivity index (χ1v) is 8.03. The first-order valence-electron chi connectivity index (χ1n) is 7.23. The van der Waals surface area contributed by atoms with Crippen molar-refractivity contribution in [3.63, 3.8) is 0 Å². The fraction of sp³-hybridized carbons (Fsp3) is 0.105. The molecule has 3 aromatic rings. The summed E-state index contributed by atoms with van der Waals surface area (Å²) < 4.78 is 6.58. The summed E-state index contributed by atoms with van der Waals surface area (Å²) in [6, 6.07) is 17.4. The zero-order valence-corrected chi connectivity index (χ0v) is 13.4. The quantitative estimate of drug-likeness (QED) is 0.483. The van der Waals surface area contributed by atoms with E-state index in [4.69, 9.17) is 4.74 Å². The van der Waals surface area contributed by atoms with Gasteiger partial charge in [-0.25, -0.2) is 4.79 Å². The lowest BCUT2D eigenvalue weighted by molar-refractivity contribution is 0.0737. The number of benzene rings is 3. The van der Waals surface area contributed by atoms with Gasteiger partial charge < -0.3 is 4.74 Å². The Bertz CT molecular complexity index is 872. The van der Waals surface area contributed by atoms with Gasteiger partial charge in [0.2, 0.25) is 0 Å². The molecule has 0 amide bonds. The van der Waals surface area contributed by atoms with Crippen LogP contribution < -0.4 is 4.74 Å². The molecular weight excluding hydrogens is 340 g/mol. The van der Waals surface area contributed by atoms with Gasteiger partial charge in [0, 0.05) is 9.86 Å². The van der Waals surface area contributed by atoms with E-state index in [1.165, 1.54) is 16.5 Å². The number of carbonyl (C=O) groups is 1. The number of rotatable bonds is 2. The van der Waals surface area contributed by atoms with Crippen molar-refractivity contribution in [2.45, 2.75) is 12.8 Å². The SMILES string of the molecule is O=C(Oc1ccc2c3c(cccc13)CC2)c1ccc(Br)cc1. The van der Waals surface area contributed by atoms with Gasteiger partial charge in [-0.1, -0.05) is 40.2 Å². The number of ether oxygens (including phenoxy) is 1. The lowest BCUT2D eigenvalue weighted by Crippen LogP contribution is -2.08. The van der Waals surface area contributed by atoms with Crippen LogP contribution in [0.1, 0.15) is 21.5 Å². The first-order chi connectivity index (χ1) is 10.7. The summed E-state index contributed by atoms with van der Waals surface area (Å²) in [6.07, 6.45) is 2.13. The van der Waals surface area contributed by atoms with Crippen LogP contribution in [0.4, 0.5) is 0 Å². The fourth-order valence-electron chi connectivity index (χ4n) is 3.05. The highest BCUT2D eigenvalue weighted by molar-refractivity contribution is 9.10. The Morgan fingerprint density at radius 1 is 0.909 bits per heavy atom. The minimum atomic E-state index is -0.328. The predicted molar refractivity (Wildman–Crippen MR) is 90.5 cm³/mol. The summed E-state index contributed by atoms with van der Waals surface area (Å²) in [6.45, 7) is 0. The van der Waals surface area contributed by atoms with Crippen molar-refractivity contribution < 1.29 is 9.53 Å². The van der Waals surface area contributed by atoms with Crippen LogP contribution in [0.2, 0.25) is 0 Å². The van der Waals surface area contributed by atoms with Crippen LogP contribution in [0.15, 0.2) is 59.1 Å². The van der Waals surface area contributed by atoms with E-state index in [-0.39, 0.29) is 5.97 Å². The van der Waals surface area contributed by atoms with E-state index in [9.17, 15) is 4.79 Å². The third kappa shape index (κ3) is 2.22. The predicted octanol–water partition coefficient (Wildman–Crippen LogP) is 4.92. The topological polar surface area (TPSA) is 26.3 Å². The molecule has 22 heavy (non-hydrogen) atoms. The average molecular weight is 353 g/mol. The Labute approximate surface area is 136 Å². The largest absolute Gasteiger partial charge is 0.422 e. The van der Waals surface area contributed by atoms with Crippen LogP contribution in [0.3, 0.4) is 0 Å². The number of hydrogen-bond donors (Lipinski definition) is 0. The molecule has 1 aliphatic carbocycles. The maximum Gasteiger partial charge on any atom is 0.343 e. The summed E-state index contributed by atoms with van der Waals surface area (Å²) in [5.41, 5.74) is 3.23. The Hall–Kier alpha value is -2.13. The molecule has 2 nitrogen and oxygen atoms in total. The third-order valence-corrected chi connectivity index (χ3v) is 4.65. The molecule has 0 fully saturated rings. The van der Waals surface area contributed by atoms with Gasteiger partial charge in [0.25, 0.3) is 0 Å². The Morgan fingerprint density at radius 3 is 2.41 bits per heavy atom. The lowest BCUT2D eigenvalue weighted by Gasteiger charge is -2.09. The second kappa shape index (κ2) is 5.25. The third-order valence-electron chi connectivity index (χ3n) is 4.12. The molecule has 0 heterocycles. The fourth-order valence-corrected chi connectivity index (χ4v) is 3.32. The van der Waals surface area contributed by atoms with Gasteiger partial charge in [0.1, 0.15) is 5.75 Å². The molecule has 1 aliphatic rings. The van der Waals surface area contributed by atoms with Crippen LogP contribution in [0, 0.1) is 0 Å². The van der Waals surface area contributed by atoms with Gasteiger partial charge in [-0.2, -0.15) is 0 Å². The summed E-state index contributed by atoms with van der Waals surface area (Å²) in [5.74, 6) is 0.307. The van der Waals surface area contributed by atoms with E-state index in [2.05, 4.69) is 28.1 Å². The van der Waals surface area contributed by atoms with Crippen molar-refractivity contribution in [3.05, 3.63) is 75.8 Å². The molecule has 0 N–H and O–H groups in total. The van der Waals surface area contributed by atoms with Gasteiger partial charge in [-0.3, -0.25) is 0 Å². The number of hydrogen-bond acceptors (Lipinski definition) is 2. The van der Waals surface area contributed by atoms with E-state index < -0.39 is 0 Å². The number of esters is 1. The van der Waals surface area contributed by atoms with Crippen molar-refractivity contribution in [2.24, 2.45) is 0 Å². The van der Waals surface area contributed by atoms with Crippen LogP contribution in [0.25, 0.3) is 10.8 Å². The molecule has 0 radical (unpaired) electrons. The summed E-state index contributed by atoms with van der Waals surface area (Å²) >= 11 is 3.36. The molecule has 3 aromatic carbocycles. The van der Waals surface area contributed by atoms with Gasteiger partial charge in [0.15, 0.2) is 0 Å². The molecule has 0 aliphatic heterocycles. The first kappa shape index (κ1) is 13.5. The molecule has 0 aromatic heterocycles. The van der Waals surface area contributed by atoms with Gasteiger partial charge >= 0.3 is 5.97 Å². The highest BCUT2D eigenvalue weighted by Gasteiger charge is 2.18. The van der Waals surface area contributed by atoms with Crippen LogP contribution in [0.5, 0.6) is 5.75 Å². The highest BCUT2D eigenvalue weighted by atomic mass is 79.9. The second-order valence-electron chi connectivity index (χ2n) is 5.46. The molecule has 0 saturated heterocycles. The summed E-state index contributed by atoms with van der Waals surface area (Å²) in [5, 5.41) is 2.28. The zero-order chi connectivity index (χ0) is 15.1. The van der Waals surface area contributed by atoms with Crippen LogP contribution in [-0.4, -0.2) is 5.97 Å². The second-order valence-corrected chi connectivity index (χ2v) is 6.37. The molecule has 3 heteroatoms. The molecule has 4 rings (SSSR count). The van der Waals surface area contributed by atoms with E-state index >= 15 is 0 Å². The number of halogens is 1. The standard InChI is InChI=1S/C19H13BrO2/c20-15-9-6-14(7-10-15)19(21)22-17-11-8-13-5-4-12-2-1-3-16(17)18(12)13/h1-3,6-11H,4-5H2. The smallest absolute Gasteiger partial charge is 0.343 e. The van der Waals surface area contributed by atoms with Crippen molar-refractivity contribution >= 4 is 32.7 Å². The Balaban J connectivity index is 1.73. The van der Waals surface area contributed by atoms with Crippen molar-refractivity contribution in [3.8, 4) is 5.75 Å². The minimum absolute atomic E-state index is 0.328. The van der Waals surface area contributed by atoms with E-state index in [1.807, 2.05) is 30.3 Å². The van der Waals surface area contributed by atoms with Crippen LogP contribution >= 0.6 is 15.9 Å². The Kier molecular flexibility index (Phi) is 3.23. The molecule has 0 spiro atoms. The normalized spacial score (nSPS) is 12.6. The van der Waals surface area contributed by atoms with Gasteiger partial charge in [-0.05, 0) is 59.7 Å². The molecule has 108 valence electrons. The molecule has 0 saturated carbocycles. The van der Waals surface area contributed by atoms with Gasteiger partial charge in [-0.15, -0.1) is 0 Å². The molecular formula is C19H13BrO2. The van der Waals surface area contributed by atoms with Crippen LogP contribution in [-0.2, 0) is 12.8 Å². The van der Waals surface area contributed by atoms with Gasteiger partial charge in [0.05, 0.1) is 5.56 Å². The number of aryl methyl sites for hydroxylation is 2. The van der Waals surface area contributed by atoms with Crippen molar-refractivity contribution in [1.82, 2.24) is 0 Å². The molecule has 0 unspecified atom stereocenters. The van der Waals surface area contributed by atoms with Crippen molar-refractivity contribution in [2.75, 3.05) is 0 Å². The monoisotopic (exact) mass is 352 g/mol. The highest BCUT2D eigenvalue weighted by Crippen LogP contribution is 2.36. The maximum absolute atomic E-state index is 12.3. The van der Waals surface area contributed by atoms with E-state index in [0.29, 0.717) is 11.3 Å². The summed E-state index contributed by atoms with van der Waals surface area (Å²) in [7, 11) is 0. The number of carbonyl (C=O) groups excluding carboxylic acids is 1. The molecule has 0 bridgehead atoms. The van der Waals surface area contributed by atoms with E-state index in [1.54, 1.807) is 12.1 Å². The lowest BCUT2D eigenvalue weighted by atomic mass is 10.0. The average Bonchev–Trinajstić information content (AvgIpc) is 2.95. The van der Waals surface area contributed by atoms with Crippen molar-refractivity contribution in [1.29, 1.82) is 0 Å². The van der Waals surface area contributed by atoms with E-state index in [0.717, 1.165) is 22.7 Å². The summed E-state index contributed by atoms with van der Waals surface area (Å²) in [4.78, 5) is 12.3. The maximum atomic E-state index is 12.3.